The predicted octanol–water partition coefficient (Wildman–Crippen LogP) is 3.36. The summed E-state index contributed by atoms with van der Waals surface area (Å²) in [4.78, 5) is 24.3. The van der Waals surface area contributed by atoms with Crippen molar-refractivity contribution in [3.63, 3.8) is 0 Å². The van der Waals surface area contributed by atoms with Gasteiger partial charge in [-0.1, -0.05) is 6.07 Å². The minimum atomic E-state index is -0.765. The lowest BCUT2D eigenvalue weighted by molar-refractivity contribution is -0.150. The number of benzene rings is 2. The Labute approximate surface area is 161 Å². The number of carbonyl (C=O) groups is 2. The van der Waals surface area contributed by atoms with Crippen LogP contribution >= 0.6 is 0 Å². The van der Waals surface area contributed by atoms with Gasteiger partial charge in [-0.25, -0.2) is 4.79 Å². The first kappa shape index (κ1) is 17.9. The number of hydrogen-bond donors (Lipinski definition) is 0. The highest BCUT2D eigenvalue weighted by Gasteiger charge is 2.28. The number of rotatable bonds is 5. The molecule has 144 valence electrons. The van der Waals surface area contributed by atoms with Crippen LogP contribution in [-0.2, 0) is 9.53 Å². The van der Waals surface area contributed by atoms with Crippen molar-refractivity contribution < 1.29 is 33.3 Å². The van der Waals surface area contributed by atoms with E-state index in [1.54, 1.807) is 50.3 Å². The molecule has 7 nitrogen and oxygen atoms in total. The van der Waals surface area contributed by atoms with E-state index in [2.05, 4.69) is 0 Å². The molecule has 7 heteroatoms. The second-order valence-electron chi connectivity index (χ2n) is 6.22. The molecule has 0 unspecified atom stereocenters. The van der Waals surface area contributed by atoms with Crippen LogP contribution in [0.1, 0.15) is 29.8 Å². The molecule has 2 aliphatic heterocycles. The van der Waals surface area contributed by atoms with Gasteiger partial charge in [-0.05, 0) is 49.8 Å². The van der Waals surface area contributed by atoms with E-state index in [-0.39, 0.29) is 24.9 Å². The topological polar surface area (TPSA) is 80.3 Å². The maximum Gasteiger partial charge on any atom is 0.347 e. The molecule has 0 amide bonds. The van der Waals surface area contributed by atoms with Crippen LogP contribution in [0.5, 0.6) is 23.0 Å². The van der Waals surface area contributed by atoms with E-state index in [0.29, 0.717) is 28.6 Å². The van der Waals surface area contributed by atoms with E-state index in [0.717, 1.165) is 5.56 Å². The van der Waals surface area contributed by atoms with Gasteiger partial charge < -0.3 is 23.7 Å². The first-order valence-electron chi connectivity index (χ1n) is 8.86. The number of Topliss-reactive ketones (excluding diaryl/α,β-unsaturated/α-hetero) is 1. The monoisotopic (exact) mass is 382 g/mol. The lowest BCUT2D eigenvalue weighted by Crippen LogP contribution is -2.26. The predicted molar refractivity (Wildman–Crippen MR) is 98.7 cm³/mol. The van der Waals surface area contributed by atoms with Crippen molar-refractivity contribution in [3.05, 3.63) is 53.3 Å². The fraction of sp³-hybridized carbons (Fsp3) is 0.238. The highest BCUT2D eigenvalue weighted by atomic mass is 16.7. The molecule has 0 fully saturated rings. The quantitative estimate of drug-likeness (QED) is 0.579. The zero-order valence-electron chi connectivity index (χ0n) is 15.4. The van der Waals surface area contributed by atoms with Gasteiger partial charge in [0.2, 0.25) is 12.6 Å². The fourth-order valence-electron chi connectivity index (χ4n) is 2.91. The van der Waals surface area contributed by atoms with Gasteiger partial charge >= 0.3 is 5.97 Å². The first-order valence-corrected chi connectivity index (χ1v) is 8.86. The summed E-state index contributed by atoms with van der Waals surface area (Å²) in [6.45, 7) is 3.79. The van der Waals surface area contributed by atoms with Crippen molar-refractivity contribution in [2.24, 2.45) is 0 Å². The normalized spacial score (nSPS) is 16.5. The lowest BCUT2D eigenvalue weighted by Gasteiger charge is -2.13. The molecule has 28 heavy (non-hydrogen) atoms. The van der Waals surface area contributed by atoms with Crippen molar-refractivity contribution in [1.82, 2.24) is 0 Å². The van der Waals surface area contributed by atoms with Crippen LogP contribution in [0.4, 0.5) is 0 Å². The van der Waals surface area contributed by atoms with E-state index in [9.17, 15) is 9.59 Å². The molecule has 0 aromatic heterocycles. The molecule has 0 radical (unpaired) electrons. The number of ether oxygens (including phenoxy) is 5. The number of fused-ring (bicyclic) bond motifs is 2. The molecule has 0 bridgehead atoms. The molecule has 0 aliphatic carbocycles. The van der Waals surface area contributed by atoms with Gasteiger partial charge in [-0.15, -0.1) is 0 Å². The van der Waals surface area contributed by atoms with E-state index in [1.165, 1.54) is 0 Å². The SMILES string of the molecule is CCOC(=O)[C@H](C)Oc1ccc2c(c1)OC(=Cc1ccc3c(c1)OCO3)C2=O. The molecule has 0 N–H and O–H groups in total. The number of carbonyl (C=O) groups excluding carboxylic acids is 2. The molecule has 2 heterocycles. The van der Waals surface area contributed by atoms with E-state index in [4.69, 9.17) is 23.7 Å². The van der Waals surface area contributed by atoms with Crippen LogP contribution < -0.4 is 18.9 Å². The number of allylic oxidation sites excluding steroid dienone is 1. The summed E-state index contributed by atoms with van der Waals surface area (Å²) in [6, 6.07) is 10.2. The number of hydrogen-bond acceptors (Lipinski definition) is 7. The molecule has 2 aliphatic rings. The Hall–Kier alpha value is -3.48. The smallest absolute Gasteiger partial charge is 0.347 e. The molecule has 1 atom stereocenters. The third-order valence-electron chi connectivity index (χ3n) is 4.27. The molecular weight excluding hydrogens is 364 g/mol. The summed E-state index contributed by atoms with van der Waals surface area (Å²) < 4.78 is 26.9. The molecule has 0 spiro atoms. The van der Waals surface area contributed by atoms with Crippen LogP contribution in [0, 0.1) is 0 Å². The summed E-state index contributed by atoms with van der Waals surface area (Å²) in [6.07, 6.45) is 0.880. The molecule has 0 saturated heterocycles. The van der Waals surface area contributed by atoms with Crippen LogP contribution in [0.2, 0.25) is 0 Å². The van der Waals surface area contributed by atoms with Crippen molar-refractivity contribution >= 4 is 17.8 Å². The summed E-state index contributed by atoms with van der Waals surface area (Å²) in [7, 11) is 0. The van der Waals surface area contributed by atoms with Gasteiger partial charge in [0, 0.05) is 6.07 Å². The largest absolute Gasteiger partial charge is 0.479 e. The molecule has 0 saturated carbocycles. The van der Waals surface area contributed by atoms with Crippen LogP contribution in [0.3, 0.4) is 0 Å². The highest BCUT2D eigenvalue weighted by Crippen LogP contribution is 2.37. The molecule has 4 rings (SSSR count). The average Bonchev–Trinajstić information content (AvgIpc) is 3.26. The Kier molecular flexibility index (Phi) is 4.65. The Bertz CT molecular complexity index is 977. The maximum absolute atomic E-state index is 12.6. The third-order valence-corrected chi connectivity index (χ3v) is 4.27. The third kappa shape index (κ3) is 3.38. The summed E-state index contributed by atoms with van der Waals surface area (Å²) in [5.74, 6) is 1.61. The minimum absolute atomic E-state index is 0.184. The maximum atomic E-state index is 12.6. The number of esters is 1. The van der Waals surface area contributed by atoms with Crippen molar-refractivity contribution in [1.29, 1.82) is 0 Å². The average molecular weight is 382 g/mol. The van der Waals surface area contributed by atoms with Crippen molar-refractivity contribution in [3.8, 4) is 23.0 Å². The summed E-state index contributed by atoms with van der Waals surface area (Å²) in [5, 5.41) is 0. The number of ketones is 1. The van der Waals surface area contributed by atoms with E-state index < -0.39 is 12.1 Å². The van der Waals surface area contributed by atoms with E-state index >= 15 is 0 Å². The second-order valence-corrected chi connectivity index (χ2v) is 6.22. The Morgan fingerprint density at radius 1 is 1.14 bits per heavy atom. The standard InChI is InChI=1S/C21H18O7/c1-3-24-21(23)12(2)27-14-5-6-15-17(10-14)28-19(20(15)22)9-13-4-7-16-18(8-13)26-11-25-16/h4-10,12H,3,11H2,1-2H3/t12-/m0/s1. The Balaban J connectivity index is 1.52. The van der Waals surface area contributed by atoms with Gasteiger partial charge in [0.25, 0.3) is 0 Å². The fourth-order valence-corrected chi connectivity index (χ4v) is 2.91. The lowest BCUT2D eigenvalue weighted by atomic mass is 10.1. The summed E-state index contributed by atoms with van der Waals surface area (Å²) >= 11 is 0. The zero-order valence-corrected chi connectivity index (χ0v) is 15.4. The molecular formula is C21H18O7. The van der Waals surface area contributed by atoms with Gasteiger partial charge in [-0.2, -0.15) is 0 Å². The van der Waals surface area contributed by atoms with Gasteiger partial charge in [0.05, 0.1) is 12.2 Å². The van der Waals surface area contributed by atoms with Crippen molar-refractivity contribution in [2.75, 3.05) is 13.4 Å². The van der Waals surface area contributed by atoms with Crippen LogP contribution in [0.15, 0.2) is 42.2 Å². The second kappa shape index (κ2) is 7.26. The van der Waals surface area contributed by atoms with Gasteiger partial charge in [0.15, 0.2) is 23.4 Å². The highest BCUT2D eigenvalue weighted by molar-refractivity contribution is 6.14. The minimum Gasteiger partial charge on any atom is -0.479 e. The van der Waals surface area contributed by atoms with E-state index in [1.807, 2.05) is 6.07 Å². The molecule has 2 aromatic rings. The Morgan fingerprint density at radius 3 is 2.79 bits per heavy atom. The van der Waals surface area contributed by atoms with Crippen molar-refractivity contribution in [2.45, 2.75) is 20.0 Å². The zero-order chi connectivity index (χ0) is 19.7. The van der Waals surface area contributed by atoms with Gasteiger partial charge in [0.1, 0.15) is 11.5 Å². The van der Waals surface area contributed by atoms with Gasteiger partial charge in [-0.3, -0.25) is 4.79 Å². The summed E-state index contributed by atoms with van der Waals surface area (Å²) in [5.41, 5.74) is 1.19. The van der Waals surface area contributed by atoms with Crippen LogP contribution in [-0.4, -0.2) is 31.3 Å². The first-order chi connectivity index (χ1) is 13.5. The Morgan fingerprint density at radius 2 is 1.96 bits per heavy atom. The molecule has 2 aromatic carbocycles. The van der Waals surface area contributed by atoms with Crippen LogP contribution in [0.25, 0.3) is 6.08 Å².